The van der Waals surface area contributed by atoms with E-state index in [0.29, 0.717) is 5.92 Å². The van der Waals surface area contributed by atoms with E-state index in [9.17, 15) is 0 Å². The van der Waals surface area contributed by atoms with Gasteiger partial charge in [0.1, 0.15) is 6.17 Å². The van der Waals surface area contributed by atoms with Crippen LogP contribution in [0.1, 0.15) is 78.3 Å². The SMILES string of the molecule is c1ccc2c(c1)CCN(C1c3ccccc3-c3ccccc31)[C@H]2n1nnnc1C1CCCCC1. The third-order valence-electron chi connectivity index (χ3n) is 8.14. The molecule has 0 unspecified atom stereocenters. The smallest absolute Gasteiger partial charge is 0.156 e. The molecule has 1 saturated carbocycles. The van der Waals surface area contributed by atoms with E-state index in [4.69, 9.17) is 0 Å². The highest BCUT2D eigenvalue weighted by Crippen LogP contribution is 2.50. The Morgan fingerprint density at radius 2 is 1.35 bits per heavy atom. The van der Waals surface area contributed by atoms with Crippen molar-refractivity contribution in [2.24, 2.45) is 0 Å². The highest BCUT2D eigenvalue weighted by atomic mass is 15.6. The zero-order valence-electron chi connectivity index (χ0n) is 19.3. The fraction of sp³-hybridized carbons (Fsp3) is 0.345. The van der Waals surface area contributed by atoms with E-state index in [1.807, 2.05) is 0 Å². The maximum atomic E-state index is 4.66. The van der Waals surface area contributed by atoms with Crippen molar-refractivity contribution >= 4 is 0 Å². The summed E-state index contributed by atoms with van der Waals surface area (Å²) in [5, 5.41) is 13.5. The predicted molar refractivity (Wildman–Crippen MR) is 132 cm³/mol. The van der Waals surface area contributed by atoms with E-state index in [0.717, 1.165) is 18.8 Å². The van der Waals surface area contributed by atoms with Crippen molar-refractivity contribution in [1.82, 2.24) is 25.1 Å². The monoisotopic (exact) mass is 447 g/mol. The van der Waals surface area contributed by atoms with Crippen molar-refractivity contribution in [3.05, 3.63) is 101 Å². The lowest BCUT2D eigenvalue weighted by atomic mass is 9.88. The molecule has 0 amide bonds. The Hall–Kier alpha value is -3.31. The average molecular weight is 448 g/mol. The lowest BCUT2D eigenvalue weighted by molar-refractivity contribution is 0.108. The number of nitrogens with zero attached hydrogens (tertiary/aromatic N) is 5. The molecule has 1 atom stereocenters. The molecule has 0 bridgehead atoms. The fourth-order valence-corrected chi connectivity index (χ4v) is 6.60. The Labute approximate surface area is 200 Å². The van der Waals surface area contributed by atoms with Crippen LogP contribution < -0.4 is 0 Å². The number of aromatic nitrogens is 4. The van der Waals surface area contributed by atoms with Gasteiger partial charge < -0.3 is 0 Å². The first-order valence-corrected chi connectivity index (χ1v) is 12.7. The molecule has 4 aromatic rings. The normalized spacial score (nSPS) is 20.6. The highest BCUT2D eigenvalue weighted by molar-refractivity contribution is 5.78. The quantitative estimate of drug-likeness (QED) is 0.393. The van der Waals surface area contributed by atoms with E-state index in [2.05, 4.69) is 97.9 Å². The Balaban J connectivity index is 1.40. The Morgan fingerprint density at radius 1 is 0.706 bits per heavy atom. The molecule has 2 heterocycles. The summed E-state index contributed by atoms with van der Waals surface area (Å²) in [6.07, 6.45) is 7.26. The van der Waals surface area contributed by atoms with Crippen molar-refractivity contribution in [1.29, 1.82) is 0 Å². The largest absolute Gasteiger partial charge is 0.266 e. The summed E-state index contributed by atoms with van der Waals surface area (Å²) in [6.45, 7) is 0.971. The van der Waals surface area contributed by atoms with Crippen LogP contribution in [0.3, 0.4) is 0 Å². The minimum Gasteiger partial charge on any atom is -0.266 e. The van der Waals surface area contributed by atoms with Gasteiger partial charge in [-0.25, -0.2) is 4.68 Å². The lowest BCUT2D eigenvalue weighted by Crippen LogP contribution is -2.42. The molecule has 0 radical (unpaired) electrons. The summed E-state index contributed by atoms with van der Waals surface area (Å²) in [6, 6.07) is 26.9. The topological polar surface area (TPSA) is 46.8 Å². The van der Waals surface area contributed by atoms with E-state index >= 15 is 0 Å². The van der Waals surface area contributed by atoms with Crippen LogP contribution in [-0.2, 0) is 6.42 Å². The Bertz CT molecular complexity index is 1290. The number of tetrazole rings is 1. The summed E-state index contributed by atoms with van der Waals surface area (Å²) in [5.41, 5.74) is 8.23. The summed E-state index contributed by atoms with van der Waals surface area (Å²) in [4.78, 5) is 2.65. The molecule has 3 aliphatic rings. The minimum atomic E-state index is -0.0129. The van der Waals surface area contributed by atoms with Crippen molar-refractivity contribution in [3.8, 4) is 11.1 Å². The summed E-state index contributed by atoms with van der Waals surface area (Å²) in [7, 11) is 0. The molecule has 1 aromatic heterocycles. The molecule has 7 rings (SSSR count). The number of hydrogen-bond donors (Lipinski definition) is 0. The minimum absolute atomic E-state index is 0.0129. The van der Waals surface area contributed by atoms with Crippen LogP contribution in [0.5, 0.6) is 0 Å². The Morgan fingerprint density at radius 3 is 2.09 bits per heavy atom. The molecule has 0 N–H and O–H groups in total. The van der Waals surface area contributed by atoms with Gasteiger partial charge in [0.25, 0.3) is 0 Å². The molecule has 170 valence electrons. The molecular weight excluding hydrogens is 418 g/mol. The molecule has 34 heavy (non-hydrogen) atoms. The van der Waals surface area contributed by atoms with Gasteiger partial charge in [0.15, 0.2) is 5.82 Å². The number of rotatable bonds is 3. The van der Waals surface area contributed by atoms with Gasteiger partial charge in [0.05, 0.1) is 6.04 Å². The summed E-state index contributed by atoms with van der Waals surface area (Å²) < 4.78 is 2.16. The van der Waals surface area contributed by atoms with Crippen molar-refractivity contribution < 1.29 is 0 Å². The second kappa shape index (κ2) is 8.17. The lowest BCUT2D eigenvalue weighted by Gasteiger charge is -2.42. The van der Waals surface area contributed by atoms with Gasteiger partial charge >= 0.3 is 0 Å². The molecule has 5 nitrogen and oxygen atoms in total. The van der Waals surface area contributed by atoms with Gasteiger partial charge in [-0.2, -0.15) is 0 Å². The number of benzene rings is 3. The molecule has 2 aliphatic carbocycles. The third kappa shape index (κ3) is 3.07. The van der Waals surface area contributed by atoms with Crippen molar-refractivity contribution in [3.63, 3.8) is 0 Å². The molecule has 1 fully saturated rings. The van der Waals surface area contributed by atoms with Crippen LogP contribution in [-0.4, -0.2) is 31.7 Å². The zero-order valence-corrected chi connectivity index (χ0v) is 19.3. The van der Waals surface area contributed by atoms with Crippen molar-refractivity contribution in [2.75, 3.05) is 6.54 Å². The molecule has 0 saturated heterocycles. The highest BCUT2D eigenvalue weighted by Gasteiger charge is 2.41. The van der Waals surface area contributed by atoms with Crippen molar-refractivity contribution in [2.45, 2.75) is 56.7 Å². The summed E-state index contributed by atoms with van der Waals surface area (Å²) >= 11 is 0. The van der Waals surface area contributed by atoms with E-state index in [1.165, 1.54) is 65.5 Å². The molecule has 0 spiro atoms. The van der Waals surface area contributed by atoms with Gasteiger partial charge in [0, 0.05) is 12.5 Å². The van der Waals surface area contributed by atoms with Crippen LogP contribution in [0.25, 0.3) is 11.1 Å². The second-order valence-corrected chi connectivity index (χ2v) is 9.95. The van der Waals surface area contributed by atoms with Crippen LogP contribution in [0.4, 0.5) is 0 Å². The fourth-order valence-electron chi connectivity index (χ4n) is 6.60. The average Bonchev–Trinajstić information content (AvgIpc) is 3.52. The maximum Gasteiger partial charge on any atom is 0.156 e. The van der Waals surface area contributed by atoms with E-state index < -0.39 is 0 Å². The zero-order chi connectivity index (χ0) is 22.5. The Kier molecular flexibility index (Phi) is 4.83. The van der Waals surface area contributed by atoms with Gasteiger partial charge in [-0.05, 0) is 63.1 Å². The molecule has 1 aliphatic heterocycles. The van der Waals surface area contributed by atoms with Crippen LogP contribution in [0, 0.1) is 0 Å². The van der Waals surface area contributed by atoms with Gasteiger partial charge in [0.2, 0.25) is 0 Å². The number of fused-ring (bicyclic) bond motifs is 4. The molecular formula is C29H29N5. The third-order valence-corrected chi connectivity index (χ3v) is 8.14. The van der Waals surface area contributed by atoms with Gasteiger partial charge in [-0.1, -0.05) is 92.1 Å². The maximum absolute atomic E-state index is 4.66. The standard InChI is InChI=1S/C29H29N5/c1-2-11-21(12-3-1)28-30-31-32-34(28)29-22-13-5-4-10-20(22)18-19-33(29)27-25-16-8-6-14-23(25)24-15-7-9-17-26(24)27/h4-10,13-17,21,27,29H,1-3,11-12,18-19H2/t29-/m0/s1. The van der Waals surface area contributed by atoms with Crippen LogP contribution >= 0.6 is 0 Å². The molecule has 5 heteroatoms. The predicted octanol–water partition coefficient (Wildman–Crippen LogP) is 5.90. The van der Waals surface area contributed by atoms with E-state index in [1.54, 1.807) is 0 Å². The van der Waals surface area contributed by atoms with Crippen LogP contribution in [0.15, 0.2) is 72.8 Å². The summed E-state index contributed by atoms with van der Waals surface area (Å²) in [5.74, 6) is 1.51. The van der Waals surface area contributed by atoms with Crippen LogP contribution in [0.2, 0.25) is 0 Å². The van der Waals surface area contributed by atoms with Gasteiger partial charge in [-0.3, -0.25) is 4.90 Å². The molecule has 3 aromatic carbocycles. The first kappa shape index (κ1) is 20.1. The first-order chi connectivity index (χ1) is 16.9. The van der Waals surface area contributed by atoms with Gasteiger partial charge in [-0.15, -0.1) is 5.10 Å². The van der Waals surface area contributed by atoms with E-state index in [-0.39, 0.29) is 12.2 Å². The second-order valence-electron chi connectivity index (χ2n) is 9.95. The number of hydrogen-bond acceptors (Lipinski definition) is 4. The first-order valence-electron chi connectivity index (χ1n) is 12.7.